The zero-order valence-corrected chi connectivity index (χ0v) is 9.81. The van der Waals surface area contributed by atoms with E-state index in [4.69, 9.17) is 4.74 Å². The Labute approximate surface area is 100 Å². The Bertz CT molecular complexity index is 535. The molecule has 0 saturated carbocycles. The molecule has 0 unspecified atom stereocenters. The molecule has 0 amide bonds. The van der Waals surface area contributed by atoms with E-state index in [1.165, 1.54) is 0 Å². The maximum Gasteiger partial charge on any atom is 0.194 e. The lowest BCUT2D eigenvalue weighted by molar-refractivity contribution is 0.103. The van der Waals surface area contributed by atoms with Crippen molar-refractivity contribution in [2.75, 3.05) is 7.11 Å². The topological polar surface area (TPSA) is 39.2 Å². The van der Waals surface area contributed by atoms with E-state index in [9.17, 15) is 4.79 Å². The fourth-order valence-corrected chi connectivity index (χ4v) is 1.62. The van der Waals surface area contributed by atoms with Gasteiger partial charge in [-0.1, -0.05) is 12.1 Å². The number of aryl methyl sites for hydroxylation is 1. The van der Waals surface area contributed by atoms with E-state index in [1.54, 1.807) is 43.8 Å². The van der Waals surface area contributed by atoms with Gasteiger partial charge in [0, 0.05) is 23.5 Å². The van der Waals surface area contributed by atoms with Crippen LogP contribution in [-0.4, -0.2) is 17.9 Å². The number of ether oxygens (including phenoxy) is 1. The molecule has 0 aliphatic carbocycles. The lowest BCUT2D eigenvalue weighted by Crippen LogP contribution is -2.02. The quantitative estimate of drug-likeness (QED) is 0.757. The number of carbonyl (C=O) groups excluding carboxylic acids is 1. The molecule has 0 fully saturated rings. The Kier molecular flexibility index (Phi) is 3.19. The second-order valence-corrected chi connectivity index (χ2v) is 3.76. The fraction of sp³-hybridized carbons (Fsp3) is 0.143. The van der Waals surface area contributed by atoms with Gasteiger partial charge in [-0.2, -0.15) is 0 Å². The molecule has 0 spiro atoms. The van der Waals surface area contributed by atoms with Crippen LogP contribution >= 0.6 is 0 Å². The first-order valence-electron chi connectivity index (χ1n) is 5.31. The summed E-state index contributed by atoms with van der Waals surface area (Å²) in [6.45, 7) is 1.94. The summed E-state index contributed by atoms with van der Waals surface area (Å²) in [7, 11) is 1.60. The molecule has 0 atom stereocenters. The maximum atomic E-state index is 12.1. The lowest BCUT2D eigenvalue weighted by Gasteiger charge is -2.06. The fourth-order valence-electron chi connectivity index (χ4n) is 1.62. The van der Waals surface area contributed by atoms with Crippen LogP contribution in [0.4, 0.5) is 0 Å². The van der Waals surface area contributed by atoms with E-state index < -0.39 is 0 Å². The Morgan fingerprint density at radius 3 is 2.71 bits per heavy atom. The van der Waals surface area contributed by atoms with Crippen LogP contribution in [0.2, 0.25) is 0 Å². The van der Waals surface area contributed by atoms with Crippen molar-refractivity contribution in [3.63, 3.8) is 0 Å². The predicted octanol–water partition coefficient (Wildman–Crippen LogP) is 2.63. The van der Waals surface area contributed by atoms with Gasteiger partial charge in [-0.3, -0.25) is 9.78 Å². The van der Waals surface area contributed by atoms with Crippen LogP contribution in [0.1, 0.15) is 21.5 Å². The molecule has 0 aliphatic heterocycles. The Hall–Kier alpha value is -2.16. The van der Waals surface area contributed by atoms with Crippen molar-refractivity contribution in [3.8, 4) is 5.75 Å². The van der Waals surface area contributed by atoms with Crippen LogP contribution < -0.4 is 4.74 Å². The molecule has 0 aliphatic rings. The molecular formula is C14H13NO2. The highest BCUT2D eigenvalue weighted by Gasteiger charge is 2.10. The Morgan fingerprint density at radius 1 is 1.24 bits per heavy atom. The van der Waals surface area contributed by atoms with Gasteiger partial charge in [0.05, 0.1) is 7.11 Å². The zero-order valence-electron chi connectivity index (χ0n) is 9.81. The van der Waals surface area contributed by atoms with Gasteiger partial charge in [0.2, 0.25) is 0 Å². The zero-order chi connectivity index (χ0) is 12.3. The molecule has 1 aromatic heterocycles. The molecule has 0 bridgehead atoms. The predicted molar refractivity (Wildman–Crippen MR) is 65.4 cm³/mol. The molecule has 17 heavy (non-hydrogen) atoms. The number of ketones is 1. The Morgan fingerprint density at radius 2 is 2.06 bits per heavy atom. The van der Waals surface area contributed by atoms with Gasteiger partial charge in [0.15, 0.2) is 5.78 Å². The number of carbonyl (C=O) groups is 1. The highest BCUT2D eigenvalue weighted by Crippen LogP contribution is 2.20. The van der Waals surface area contributed by atoms with Gasteiger partial charge in [-0.25, -0.2) is 0 Å². The van der Waals surface area contributed by atoms with E-state index in [-0.39, 0.29) is 5.78 Å². The number of nitrogens with zero attached hydrogens (tertiary/aromatic N) is 1. The molecule has 86 valence electrons. The summed E-state index contributed by atoms with van der Waals surface area (Å²) < 4.78 is 5.20. The van der Waals surface area contributed by atoms with Crippen molar-refractivity contribution in [3.05, 3.63) is 59.4 Å². The molecule has 0 N–H and O–H groups in total. The first kappa shape index (κ1) is 11.3. The van der Waals surface area contributed by atoms with Gasteiger partial charge in [0.1, 0.15) is 5.75 Å². The number of rotatable bonds is 3. The number of aromatic nitrogens is 1. The molecule has 1 heterocycles. The summed E-state index contributed by atoms with van der Waals surface area (Å²) in [4.78, 5) is 16.1. The summed E-state index contributed by atoms with van der Waals surface area (Å²) in [5, 5.41) is 0. The molecule has 1 aromatic carbocycles. The van der Waals surface area contributed by atoms with Crippen LogP contribution in [0.25, 0.3) is 0 Å². The average Bonchev–Trinajstić information content (AvgIpc) is 2.39. The van der Waals surface area contributed by atoms with Crippen molar-refractivity contribution in [1.82, 2.24) is 4.98 Å². The van der Waals surface area contributed by atoms with Gasteiger partial charge in [-0.05, 0) is 30.7 Å². The summed E-state index contributed by atoms with van der Waals surface area (Å²) in [6.07, 6.45) is 3.21. The molecular weight excluding hydrogens is 214 g/mol. The lowest BCUT2D eigenvalue weighted by atomic mass is 10.0. The van der Waals surface area contributed by atoms with Gasteiger partial charge >= 0.3 is 0 Å². The minimum atomic E-state index is -0.0450. The average molecular weight is 227 g/mol. The summed E-state index contributed by atoms with van der Waals surface area (Å²) in [5.74, 6) is 0.677. The summed E-state index contributed by atoms with van der Waals surface area (Å²) >= 11 is 0. The van der Waals surface area contributed by atoms with Gasteiger partial charge in [-0.15, -0.1) is 0 Å². The van der Waals surface area contributed by atoms with Crippen LogP contribution in [0, 0.1) is 6.92 Å². The molecule has 2 rings (SSSR count). The van der Waals surface area contributed by atoms with Crippen LogP contribution in [0.3, 0.4) is 0 Å². The van der Waals surface area contributed by atoms with E-state index >= 15 is 0 Å². The summed E-state index contributed by atoms with van der Waals surface area (Å²) in [5.41, 5.74) is 2.20. The molecule has 2 aromatic rings. The van der Waals surface area contributed by atoms with Crippen molar-refractivity contribution < 1.29 is 9.53 Å². The maximum absolute atomic E-state index is 12.1. The Balaban J connectivity index is 2.38. The molecule has 0 saturated heterocycles. The van der Waals surface area contributed by atoms with Crippen LogP contribution in [0.5, 0.6) is 5.75 Å². The van der Waals surface area contributed by atoms with E-state index in [1.807, 2.05) is 13.0 Å². The van der Waals surface area contributed by atoms with Crippen molar-refractivity contribution in [1.29, 1.82) is 0 Å². The molecule has 3 heteroatoms. The third-order valence-electron chi connectivity index (χ3n) is 2.59. The third kappa shape index (κ3) is 2.33. The second kappa shape index (κ2) is 4.78. The minimum Gasteiger partial charge on any atom is -0.496 e. The molecule has 3 nitrogen and oxygen atoms in total. The van der Waals surface area contributed by atoms with E-state index in [2.05, 4.69) is 4.98 Å². The largest absolute Gasteiger partial charge is 0.496 e. The number of hydrogen-bond acceptors (Lipinski definition) is 3. The van der Waals surface area contributed by atoms with Gasteiger partial charge in [0.25, 0.3) is 0 Å². The van der Waals surface area contributed by atoms with Crippen molar-refractivity contribution >= 4 is 5.78 Å². The number of hydrogen-bond donors (Lipinski definition) is 0. The highest BCUT2D eigenvalue weighted by molar-refractivity contribution is 6.09. The minimum absolute atomic E-state index is 0.0450. The highest BCUT2D eigenvalue weighted by atomic mass is 16.5. The van der Waals surface area contributed by atoms with Crippen LogP contribution in [0.15, 0.2) is 42.7 Å². The van der Waals surface area contributed by atoms with E-state index in [0.717, 1.165) is 11.3 Å². The van der Waals surface area contributed by atoms with Crippen LogP contribution in [-0.2, 0) is 0 Å². The monoisotopic (exact) mass is 227 g/mol. The van der Waals surface area contributed by atoms with Gasteiger partial charge < -0.3 is 4.74 Å². The van der Waals surface area contributed by atoms with E-state index in [0.29, 0.717) is 11.1 Å². The number of pyridine rings is 1. The smallest absolute Gasteiger partial charge is 0.194 e. The molecule has 0 radical (unpaired) electrons. The number of benzene rings is 1. The normalized spacial score (nSPS) is 10.0. The second-order valence-electron chi connectivity index (χ2n) is 3.76. The third-order valence-corrected chi connectivity index (χ3v) is 2.59. The first-order valence-corrected chi connectivity index (χ1v) is 5.31. The van der Waals surface area contributed by atoms with Crippen molar-refractivity contribution in [2.45, 2.75) is 6.92 Å². The first-order chi connectivity index (χ1) is 8.22. The number of methoxy groups -OCH3 is 1. The summed E-state index contributed by atoms with van der Waals surface area (Å²) in [6, 6.07) is 8.93. The standard InChI is InChI=1S/C14H13NO2/c1-10-5-6-11(8-13(10)17-2)14(16)12-4-3-7-15-9-12/h3-9H,1-2H3. The SMILES string of the molecule is COc1cc(C(=O)c2cccnc2)ccc1C. The van der Waals surface area contributed by atoms with Crippen molar-refractivity contribution in [2.24, 2.45) is 0 Å².